The second kappa shape index (κ2) is 5.58. The van der Waals surface area contributed by atoms with E-state index < -0.39 is 23.0 Å². The summed E-state index contributed by atoms with van der Waals surface area (Å²) in [5.74, 6) is -1.75. The molecule has 1 aliphatic carbocycles. The van der Waals surface area contributed by atoms with Crippen LogP contribution in [0.3, 0.4) is 0 Å². The molecule has 1 fully saturated rings. The lowest BCUT2D eigenvalue weighted by molar-refractivity contribution is 0.0945. The van der Waals surface area contributed by atoms with Gasteiger partial charge in [0.05, 0.1) is 5.56 Å². The fourth-order valence-corrected chi connectivity index (χ4v) is 3.44. The van der Waals surface area contributed by atoms with Gasteiger partial charge in [0.1, 0.15) is 17.4 Å². The molecule has 3 nitrogen and oxygen atoms in total. The Labute approximate surface area is 139 Å². The summed E-state index contributed by atoms with van der Waals surface area (Å²) in [4.78, 5) is 12.3. The van der Waals surface area contributed by atoms with Crippen molar-refractivity contribution in [2.75, 3.05) is 6.54 Å². The standard InChI is InChI=1S/C19H19F2NO2/c1-18(2)10-19(18,14-8-7-12(20)9-15(14)21)11-22-17(24)13-5-3-4-6-16(13)23/h3-9,23H,10-11H2,1-2H3,(H,22,24). The summed E-state index contributed by atoms with van der Waals surface area (Å²) in [5.41, 5.74) is -0.208. The van der Waals surface area contributed by atoms with E-state index in [-0.39, 0.29) is 23.3 Å². The normalized spacial score (nSPS) is 21.3. The van der Waals surface area contributed by atoms with Crippen LogP contribution in [0.1, 0.15) is 36.2 Å². The van der Waals surface area contributed by atoms with Crippen molar-refractivity contribution >= 4 is 5.91 Å². The topological polar surface area (TPSA) is 49.3 Å². The van der Waals surface area contributed by atoms with Gasteiger partial charge in [-0.1, -0.05) is 32.0 Å². The maximum atomic E-state index is 14.2. The van der Waals surface area contributed by atoms with Crippen molar-refractivity contribution in [1.82, 2.24) is 5.32 Å². The fourth-order valence-electron chi connectivity index (χ4n) is 3.44. The van der Waals surface area contributed by atoms with E-state index >= 15 is 0 Å². The molecule has 1 aliphatic rings. The van der Waals surface area contributed by atoms with Crippen molar-refractivity contribution in [3.8, 4) is 5.75 Å². The van der Waals surface area contributed by atoms with Crippen LogP contribution < -0.4 is 5.32 Å². The number of hydrogen-bond donors (Lipinski definition) is 2. The Balaban J connectivity index is 1.84. The third-order valence-corrected chi connectivity index (χ3v) is 5.06. The van der Waals surface area contributed by atoms with Gasteiger partial charge in [-0.05, 0) is 35.6 Å². The molecule has 0 aliphatic heterocycles. The lowest BCUT2D eigenvalue weighted by atomic mass is 9.87. The number of amides is 1. The van der Waals surface area contributed by atoms with Gasteiger partial charge in [-0.15, -0.1) is 0 Å². The number of phenols is 1. The first-order valence-electron chi connectivity index (χ1n) is 7.79. The molecule has 126 valence electrons. The number of carbonyl (C=O) groups is 1. The molecule has 5 heteroatoms. The molecule has 0 aromatic heterocycles. The summed E-state index contributed by atoms with van der Waals surface area (Å²) in [6.45, 7) is 4.19. The third kappa shape index (κ3) is 2.64. The number of benzene rings is 2. The first kappa shape index (κ1) is 16.4. The zero-order valence-electron chi connectivity index (χ0n) is 13.6. The molecule has 0 heterocycles. The van der Waals surface area contributed by atoms with E-state index in [4.69, 9.17) is 0 Å². The van der Waals surface area contributed by atoms with Crippen LogP contribution in [0.15, 0.2) is 42.5 Å². The molecule has 0 radical (unpaired) electrons. The Morgan fingerprint density at radius 1 is 1.21 bits per heavy atom. The van der Waals surface area contributed by atoms with E-state index in [1.54, 1.807) is 12.1 Å². The summed E-state index contributed by atoms with van der Waals surface area (Å²) in [6.07, 6.45) is 0.684. The zero-order chi connectivity index (χ0) is 17.5. The highest BCUT2D eigenvalue weighted by atomic mass is 19.1. The summed E-state index contributed by atoms with van der Waals surface area (Å²) >= 11 is 0. The van der Waals surface area contributed by atoms with Crippen molar-refractivity contribution in [2.24, 2.45) is 5.41 Å². The number of aromatic hydroxyl groups is 1. The van der Waals surface area contributed by atoms with Crippen molar-refractivity contribution in [3.63, 3.8) is 0 Å². The highest BCUT2D eigenvalue weighted by Crippen LogP contribution is 2.64. The molecule has 3 rings (SSSR count). The van der Waals surface area contributed by atoms with Crippen molar-refractivity contribution < 1.29 is 18.7 Å². The van der Waals surface area contributed by atoms with Crippen molar-refractivity contribution in [2.45, 2.75) is 25.7 Å². The second-order valence-electron chi connectivity index (χ2n) is 6.97. The number of hydrogen-bond acceptors (Lipinski definition) is 2. The number of phenolic OH excluding ortho intramolecular Hbond substituents is 1. The predicted molar refractivity (Wildman–Crippen MR) is 86.9 cm³/mol. The van der Waals surface area contributed by atoms with E-state index in [9.17, 15) is 18.7 Å². The fraction of sp³-hybridized carbons (Fsp3) is 0.316. The molecule has 1 saturated carbocycles. The molecular weight excluding hydrogens is 312 g/mol. The minimum absolute atomic E-state index is 0.105. The average Bonchev–Trinajstić information content (AvgIpc) is 3.07. The minimum Gasteiger partial charge on any atom is -0.507 e. The zero-order valence-corrected chi connectivity index (χ0v) is 13.6. The highest BCUT2D eigenvalue weighted by Gasteiger charge is 2.62. The van der Waals surface area contributed by atoms with Gasteiger partial charge in [0.2, 0.25) is 0 Å². The van der Waals surface area contributed by atoms with Crippen molar-refractivity contribution in [1.29, 1.82) is 0 Å². The van der Waals surface area contributed by atoms with Crippen LogP contribution in [0.5, 0.6) is 5.75 Å². The van der Waals surface area contributed by atoms with Crippen LogP contribution in [-0.4, -0.2) is 17.6 Å². The molecule has 0 bridgehead atoms. The van der Waals surface area contributed by atoms with Crippen LogP contribution in [0, 0.1) is 17.0 Å². The second-order valence-corrected chi connectivity index (χ2v) is 6.97. The Morgan fingerprint density at radius 3 is 2.46 bits per heavy atom. The molecule has 1 unspecified atom stereocenters. The molecule has 2 N–H and O–H groups in total. The van der Waals surface area contributed by atoms with Gasteiger partial charge < -0.3 is 10.4 Å². The lowest BCUT2D eigenvalue weighted by Gasteiger charge is -2.22. The van der Waals surface area contributed by atoms with Crippen LogP contribution >= 0.6 is 0 Å². The maximum absolute atomic E-state index is 14.2. The van der Waals surface area contributed by atoms with E-state index in [1.807, 2.05) is 13.8 Å². The van der Waals surface area contributed by atoms with Gasteiger partial charge in [-0.3, -0.25) is 4.79 Å². The number of halogens is 2. The number of nitrogens with one attached hydrogen (secondary N) is 1. The first-order chi connectivity index (χ1) is 11.3. The number of para-hydroxylation sites is 1. The lowest BCUT2D eigenvalue weighted by Crippen LogP contribution is -2.35. The van der Waals surface area contributed by atoms with E-state index in [0.717, 1.165) is 6.07 Å². The molecule has 0 saturated heterocycles. The van der Waals surface area contributed by atoms with Crippen LogP contribution in [0.2, 0.25) is 0 Å². The molecule has 2 aromatic carbocycles. The van der Waals surface area contributed by atoms with Crippen molar-refractivity contribution in [3.05, 3.63) is 65.2 Å². The summed E-state index contributed by atoms with van der Waals surface area (Å²) in [5, 5.41) is 12.5. The molecule has 1 atom stereocenters. The van der Waals surface area contributed by atoms with Crippen LogP contribution in [0.4, 0.5) is 8.78 Å². The summed E-state index contributed by atoms with van der Waals surface area (Å²) < 4.78 is 27.4. The number of carbonyl (C=O) groups excluding carboxylic acids is 1. The van der Waals surface area contributed by atoms with Gasteiger partial charge in [0.25, 0.3) is 5.91 Å². The Bertz CT molecular complexity index is 804. The minimum atomic E-state index is -0.622. The quantitative estimate of drug-likeness (QED) is 0.896. The molecule has 2 aromatic rings. The van der Waals surface area contributed by atoms with Gasteiger partial charge in [-0.2, -0.15) is 0 Å². The SMILES string of the molecule is CC1(C)CC1(CNC(=O)c1ccccc1O)c1ccc(F)cc1F. The molecular formula is C19H19F2NO2. The van der Waals surface area contributed by atoms with E-state index in [1.165, 1.54) is 24.3 Å². The summed E-state index contributed by atoms with van der Waals surface area (Å²) in [6, 6.07) is 9.80. The average molecular weight is 331 g/mol. The van der Waals surface area contributed by atoms with E-state index in [2.05, 4.69) is 5.32 Å². The smallest absolute Gasteiger partial charge is 0.255 e. The third-order valence-electron chi connectivity index (χ3n) is 5.06. The van der Waals surface area contributed by atoms with E-state index in [0.29, 0.717) is 12.0 Å². The predicted octanol–water partition coefficient (Wildman–Crippen LogP) is 3.77. The molecule has 24 heavy (non-hydrogen) atoms. The summed E-state index contributed by atoms with van der Waals surface area (Å²) in [7, 11) is 0. The Morgan fingerprint density at radius 2 is 1.88 bits per heavy atom. The van der Waals surface area contributed by atoms with Crippen LogP contribution in [-0.2, 0) is 5.41 Å². The van der Waals surface area contributed by atoms with Crippen LogP contribution in [0.25, 0.3) is 0 Å². The number of rotatable bonds is 4. The molecule has 1 amide bonds. The van der Waals surface area contributed by atoms with Gasteiger partial charge in [-0.25, -0.2) is 8.78 Å². The molecule has 0 spiro atoms. The van der Waals surface area contributed by atoms with Gasteiger partial charge >= 0.3 is 0 Å². The Hall–Kier alpha value is -2.43. The largest absolute Gasteiger partial charge is 0.507 e. The Kier molecular flexibility index (Phi) is 3.82. The first-order valence-corrected chi connectivity index (χ1v) is 7.79. The maximum Gasteiger partial charge on any atom is 0.255 e. The van der Waals surface area contributed by atoms with Gasteiger partial charge in [0, 0.05) is 18.0 Å². The monoisotopic (exact) mass is 331 g/mol. The highest BCUT2D eigenvalue weighted by molar-refractivity contribution is 5.96. The van der Waals surface area contributed by atoms with Gasteiger partial charge in [0.15, 0.2) is 0 Å².